The highest BCUT2D eigenvalue weighted by Crippen LogP contribution is 2.18. The Kier molecular flexibility index (Phi) is 5.29. The molecule has 0 spiro atoms. The second-order valence-electron chi connectivity index (χ2n) is 6.04. The molecule has 128 valence electrons. The molecule has 0 fully saturated rings. The number of hydrogen-bond acceptors (Lipinski definition) is 3. The fraction of sp³-hybridized carbons (Fsp3) is 0.278. The lowest BCUT2D eigenvalue weighted by atomic mass is 10.2. The quantitative estimate of drug-likeness (QED) is 0.632. The summed E-state index contributed by atoms with van der Waals surface area (Å²) in [4.78, 5) is 3.88. The predicted octanol–water partition coefficient (Wildman–Crippen LogP) is 2.76. The Balaban J connectivity index is 2.46. The van der Waals surface area contributed by atoms with Gasteiger partial charge >= 0.3 is 0 Å². The van der Waals surface area contributed by atoms with Crippen molar-refractivity contribution in [1.82, 2.24) is 4.90 Å². The maximum atomic E-state index is 12.6. The molecule has 2 aromatic rings. The first-order valence-electron chi connectivity index (χ1n) is 7.57. The highest BCUT2D eigenvalue weighted by atomic mass is 32.2. The summed E-state index contributed by atoms with van der Waals surface area (Å²) in [6.07, 6.45) is 0. The Labute approximate surface area is 144 Å². The summed E-state index contributed by atoms with van der Waals surface area (Å²) in [6, 6.07) is 14.3. The minimum atomic E-state index is -3.76. The van der Waals surface area contributed by atoms with Gasteiger partial charge in [0, 0.05) is 39.4 Å². The average molecular weight is 345 g/mol. The fourth-order valence-electron chi connectivity index (χ4n) is 2.18. The van der Waals surface area contributed by atoms with Crippen molar-refractivity contribution >= 4 is 21.5 Å². The Morgan fingerprint density at radius 1 is 0.875 bits per heavy atom. The lowest BCUT2D eigenvalue weighted by Crippen LogP contribution is -2.24. The van der Waals surface area contributed by atoms with Gasteiger partial charge in [-0.05, 0) is 43.3 Å². The number of amidine groups is 1. The summed E-state index contributed by atoms with van der Waals surface area (Å²) in [5, 5.41) is 0. The number of hydrogen-bond donors (Lipinski definition) is 0. The molecule has 0 saturated heterocycles. The van der Waals surface area contributed by atoms with Gasteiger partial charge in [0.25, 0.3) is 10.0 Å². The maximum Gasteiger partial charge on any atom is 0.284 e. The summed E-state index contributed by atoms with van der Waals surface area (Å²) in [5.74, 6) is 0.404. The van der Waals surface area contributed by atoms with Crippen LogP contribution in [0.3, 0.4) is 0 Å². The summed E-state index contributed by atoms with van der Waals surface area (Å²) >= 11 is 0. The van der Waals surface area contributed by atoms with Gasteiger partial charge < -0.3 is 9.80 Å². The molecule has 0 aromatic heterocycles. The molecule has 0 aliphatic rings. The molecule has 6 heteroatoms. The van der Waals surface area contributed by atoms with Crippen molar-refractivity contribution in [3.05, 3.63) is 59.7 Å². The number of benzene rings is 2. The molecule has 2 rings (SSSR count). The monoisotopic (exact) mass is 345 g/mol. The lowest BCUT2D eigenvalue weighted by molar-refractivity contribution is 0.592. The minimum absolute atomic E-state index is 0.192. The number of nitrogens with zero attached hydrogens (tertiary/aromatic N) is 3. The molecule has 5 nitrogen and oxygen atoms in total. The smallest absolute Gasteiger partial charge is 0.284 e. The van der Waals surface area contributed by atoms with Crippen LogP contribution in [-0.2, 0) is 10.0 Å². The van der Waals surface area contributed by atoms with Crippen molar-refractivity contribution < 1.29 is 8.42 Å². The van der Waals surface area contributed by atoms with E-state index in [4.69, 9.17) is 0 Å². The SMILES string of the molecule is Cc1ccc(S(=O)(=O)/N=C(\c2ccc(N(C)C)cc2)N(C)C)cc1. The number of anilines is 1. The zero-order valence-corrected chi connectivity index (χ0v) is 15.5. The van der Waals surface area contributed by atoms with Gasteiger partial charge in [-0.15, -0.1) is 4.40 Å². The Morgan fingerprint density at radius 2 is 1.42 bits per heavy atom. The van der Waals surface area contributed by atoms with Gasteiger partial charge in [0.2, 0.25) is 0 Å². The molecular weight excluding hydrogens is 322 g/mol. The van der Waals surface area contributed by atoms with E-state index in [-0.39, 0.29) is 4.90 Å². The van der Waals surface area contributed by atoms with Gasteiger partial charge in [0.1, 0.15) is 5.84 Å². The Morgan fingerprint density at radius 3 is 1.88 bits per heavy atom. The topological polar surface area (TPSA) is 53.0 Å². The van der Waals surface area contributed by atoms with Gasteiger partial charge in [-0.25, -0.2) is 0 Å². The number of aryl methyl sites for hydroxylation is 1. The van der Waals surface area contributed by atoms with E-state index in [0.717, 1.165) is 16.8 Å². The Hall–Kier alpha value is -2.34. The second-order valence-corrected chi connectivity index (χ2v) is 7.64. The van der Waals surface area contributed by atoms with Crippen molar-refractivity contribution in [3.63, 3.8) is 0 Å². The second kappa shape index (κ2) is 7.05. The van der Waals surface area contributed by atoms with Crippen LogP contribution in [0, 0.1) is 6.92 Å². The molecule has 0 aliphatic heterocycles. The van der Waals surface area contributed by atoms with Crippen LogP contribution in [0.5, 0.6) is 0 Å². The zero-order chi connectivity index (χ0) is 17.9. The standard InChI is InChI=1S/C18H23N3O2S/c1-14-6-12-17(13-7-14)24(22,23)19-18(21(4)5)15-8-10-16(11-9-15)20(2)3/h6-13H,1-5H3/b19-18+. The first-order valence-corrected chi connectivity index (χ1v) is 9.01. The van der Waals surface area contributed by atoms with Crippen molar-refractivity contribution in [2.45, 2.75) is 11.8 Å². The van der Waals surface area contributed by atoms with Gasteiger partial charge in [0.05, 0.1) is 4.90 Å². The molecular formula is C18H23N3O2S. The van der Waals surface area contributed by atoms with Crippen molar-refractivity contribution in [3.8, 4) is 0 Å². The molecule has 0 heterocycles. The molecule has 24 heavy (non-hydrogen) atoms. The van der Waals surface area contributed by atoms with Crippen molar-refractivity contribution in [2.24, 2.45) is 4.40 Å². The van der Waals surface area contributed by atoms with E-state index in [1.807, 2.05) is 50.2 Å². The minimum Gasteiger partial charge on any atom is -0.378 e. The Bertz CT molecular complexity index is 822. The van der Waals surface area contributed by atoms with E-state index in [1.54, 1.807) is 43.3 Å². The summed E-state index contributed by atoms with van der Waals surface area (Å²) in [5.41, 5.74) is 2.80. The molecule has 0 radical (unpaired) electrons. The highest BCUT2D eigenvalue weighted by Gasteiger charge is 2.16. The van der Waals surface area contributed by atoms with Crippen LogP contribution in [0.2, 0.25) is 0 Å². The first kappa shape index (κ1) is 18.0. The first-order chi connectivity index (χ1) is 11.2. The molecule has 0 bridgehead atoms. The van der Waals surface area contributed by atoms with Crippen LogP contribution in [-0.4, -0.2) is 47.3 Å². The number of rotatable bonds is 4. The molecule has 0 unspecified atom stereocenters. The van der Waals surface area contributed by atoms with Gasteiger partial charge in [-0.1, -0.05) is 17.7 Å². The van der Waals surface area contributed by atoms with Crippen LogP contribution >= 0.6 is 0 Å². The highest BCUT2D eigenvalue weighted by molar-refractivity contribution is 7.90. The third-order valence-electron chi connectivity index (χ3n) is 3.59. The average Bonchev–Trinajstić information content (AvgIpc) is 2.53. The normalized spacial score (nSPS) is 12.1. The van der Waals surface area contributed by atoms with Crippen LogP contribution in [0.15, 0.2) is 57.8 Å². The molecule has 0 aliphatic carbocycles. The fourth-order valence-corrected chi connectivity index (χ4v) is 3.26. The number of sulfonamides is 1. The summed E-state index contributed by atoms with van der Waals surface area (Å²) in [6.45, 7) is 1.91. The molecule has 0 saturated carbocycles. The van der Waals surface area contributed by atoms with Crippen LogP contribution in [0.1, 0.15) is 11.1 Å². The van der Waals surface area contributed by atoms with E-state index in [9.17, 15) is 8.42 Å². The van der Waals surface area contributed by atoms with Crippen molar-refractivity contribution in [2.75, 3.05) is 33.1 Å². The summed E-state index contributed by atoms with van der Waals surface area (Å²) in [7, 11) is 3.71. The van der Waals surface area contributed by atoms with Crippen LogP contribution in [0.25, 0.3) is 0 Å². The van der Waals surface area contributed by atoms with Crippen molar-refractivity contribution in [1.29, 1.82) is 0 Å². The third kappa shape index (κ3) is 4.14. The third-order valence-corrected chi connectivity index (χ3v) is 4.87. The van der Waals surface area contributed by atoms with Gasteiger partial charge in [0.15, 0.2) is 0 Å². The van der Waals surface area contributed by atoms with Gasteiger partial charge in [-0.2, -0.15) is 8.42 Å². The van der Waals surface area contributed by atoms with E-state index < -0.39 is 10.0 Å². The maximum absolute atomic E-state index is 12.6. The molecule has 0 N–H and O–H groups in total. The largest absolute Gasteiger partial charge is 0.378 e. The molecule has 2 aromatic carbocycles. The van der Waals surface area contributed by atoms with Gasteiger partial charge in [-0.3, -0.25) is 0 Å². The van der Waals surface area contributed by atoms with E-state index in [0.29, 0.717) is 5.84 Å². The van der Waals surface area contributed by atoms with Crippen LogP contribution in [0.4, 0.5) is 5.69 Å². The van der Waals surface area contributed by atoms with E-state index in [2.05, 4.69) is 4.40 Å². The predicted molar refractivity (Wildman–Crippen MR) is 99.4 cm³/mol. The lowest BCUT2D eigenvalue weighted by Gasteiger charge is -2.18. The van der Waals surface area contributed by atoms with Crippen LogP contribution < -0.4 is 4.90 Å². The van der Waals surface area contributed by atoms with E-state index >= 15 is 0 Å². The zero-order valence-electron chi connectivity index (χ0n) is 14.7. The molecule has 0 amide bonds. The molecule has 0 atom stereocenters. The van der Waals surface area contributed by atoms with E-state index in [1.165, 1.54) is 0 Å². The summed E-state index contributed by atoms with van der Waals surface area (Å²) < 4.78 is 29.2.